The van der Waals surface area contributed by atoms with Crippen molar-refractivity contribution < 1.29 is 0 Å². The summed E-state index contributed by atoms with van der Waals surface area (Å²) < 4.78 is 0. The summed E-state index contributed by atoms with van der Waals surface area (Å²) in [6, 6.07) is 16.4. The van der Waals surface area contributed by atoms with E-state index in [4.69, 9.17) is 0 Å². The SMILES string of the molecule is Cc1cccc(Nc2cc(C)nc(Nc3ccc(C)cc3C)n2)c1. The molecule has 122 valence electrons. The smallest absolute Gasteiger partial charge is 0.229 e. The Morgan fingerprint density at radius 3 is 2.29 bits per heavy atom. The summed E-state index contributed by atoms with van der Waals surface area (Å²) >= 11 is 0. The van der Waals surface area contributed by atoms with E-state index in [9.17, 15) is 0 Å². The molecule has 0 saturated heterocycles. The van der Waals surface area contributed by atoms with E-state index in [1.165, 1.54) is 16.7 Å². The minimum absolute atomic E-state index is 0.595. The van der Waals surface area contributed by atoms with Gasteiger partial charge in [-0.15, -0.1) is 0 Å². The third-order valence-corrected chi connectivity index (χ3v) is 3.77. The van der Waals surface area contributed by atoms with Crippen LogP contribution in [0.15, 0.2) is 48.5 Å². The highest BCUT2D eigenvalue weighted by Crippen LogP contribution is 2.22. The maximum atomic E-state index is 4.58. The highest BCUT2D eigenvalue weighted by molar-refractivity contribution is 5.62. The predicted molar refractivity (Wildman–Crippen MR) is 100 cm³/mol. The average molecular weight is 318 g/mol. The normalized spacial score (nSPS) is 10.5. The van der Waals surface area contributed by atoms with Crippen molar-refractivity contribution in [1.29, 1.82) is 0 Å². The number of benzene rings is 2. The molecule has 1 aromatic heterocycles. The van der Waals surface area contributed by atoms with Gasteiger partial charge in [-0.25, -0.2) is 4.98 Å². The van der Waals surface area contributed by atoms with Crippen molar-refractivity contribution in [3.8, 4) is 0 Å². The topological polar surface area (TPSA) is 49.8 Å². The van der Waals surface area contributed by atoms with Crippen LogP contribution in [0.4, 0.5) is 23.1 Å². The molecule has 1 heterocycles. The number of anilines is 4. The van der Waals surface area contributed by atoms with Crippen LogP contribution in [0.3, 0.4) is 0 Å². The minimum Gasteiger partial charge on any atom is -0.340 e. The van der Waals surface area contributed by atoms with Crippen molar-refractivity contribution in [1.82, 2.24) is 9.97 Å². The molecule has 0 aliphatic rings. The molecule has 0 radical (unpaired) electrons. The molecule has 0 unspecified atom stereocenters. The van der Waals surface area contributed by atoms with Gasteiger partial charge in [0.25, 0.3) is 0 Å². The van der Waals surface area contributed by atoms with Crippen molar-refractivity contribution in [3.05, 3.63) is 70.9 Å². The quantitative estimate of drug-likeness (QED) is 0.694. The second-order valence-corrected chi connectivity index (χ2v) is 6.16. The fraction of sp³-hybridized carbons (Fsp3) is 0.200. The Labute approximate surface area is 143 Å². The van der Waals surface area contributed by atoms with E-state index in [1.807, 2.05) is 25.1 Å². The van der Waals surface area contributed by atoms with Crippen LogP contribution in [0.1, 0.15) is 22.4 Å². The van der Waals surface area contributed by atoms with Crippen LogP contribution in [0.25, 0.3) is 0 Å². The van der Waals surface area contributed by atoms with Gasteiger partial charge in [-0.2, -0.15) is 4.98 Å². The summed E-state index contributed by atoms with van der Waals surface area (Å²) in [6.07, 6.45) is 0. The first-order valence-corrected chi connectivity index (χ1v) is 8.03. The Kier molecular flexibility index (Phi) is 4.47. The second kappa shape index (κ2) is 6.71. The third-order valence-electron chi connectivity index (χ3n) is 3.77. The van der Waals surface area contributed by atoms with Crippen molar-refractivity contribution >= 4 is 23.1 Å². The maximum Gasteiger partial charge on any atom is 0.229 e. The molecule has 24 heavy (non-hydrogen) atoms. The van der Waals surface area contributed by atoms with E-state index in [0.717, 1.165) is 22.9 Å². The molecule has 0 amide bonds. The second-order valence-electron chi connectivity index (χ2n) is 6.16. The van der Waals surface area contributed by atoms with Crippen LogP contribution < -0.4 is 10.6 Å². The van der Waals surface area contributed by atoms with Gasteiger partial charge in [0.2, 0.25) is 5.95 Å². The van der Waals surface area contributed by atoms with Gasteiger partial charge < -0.3 is 10.6 Å². The number of hydrogen-bond acceptors (Lipinski definition) is 4. The van der Waals surface area contributed by atoms with E-state index in [-0.39, 0.29) is 0 Å². The Hall–Kier alpha value is -2.88. The highest BCUT2D eigenvalue weighted by atomic mass is 15.1. The van der Waals surface area contributed by atoms with Crippen molar-refractivity contribution in [2.24, 2.45) is 0 Å². The largest absolute Gasteiger partial charge is 0.340 e. The number of aryl methyl sites for hydroxylation is 4. The molecule has 4 heteroatoms. The lowest BCUT2D eigenvalue weighted by atomic mass is 10.1. The van der Waals surface area contributed by atoms with E-state index < -0.39 is 0 Å². The van der Waals surface area contributed by atoms with Crippen molar-refractivity contribution in [2.45, 2.75) is 27.7 Å². The number of nitrogens with zero attached hydrogens (tertiary/aromatic N) is 2. The molecule has 0 bridgehead atoms. The van der Waals surface area contributed by atoms with E-state index >= 15 is 0 Å². The lowest BCUT2D eigenvalue weighted by molar-refractivity contribution is 1.10. The van der Waals surface area contributed by atoms with Crippen LogP contribution in [-0.4, -0.2) is 9.97 Å². The monoisotopic (exact) mass is 318 g/mol. The summed E-state index contributed by atoms with van der Waals surface area (Å²) in [7, 11) is 0. The molecule has 0 atom stereocenters. The fourth-order valence-electron chi connectivity index (χ4n) is 2.63. The number of rotatable bonds is 4. The van der Waals surface area contributed by atoms with Crippen molar-refractivity contribution in [2.75, 3.05) is 10.6 Å². The first kappa shape index (κ1) is 16.0. The van der Waals surface area contributed by atoms with Gasteiger partial charge in [-0.05, 0) is 57.0 Å². The molecular weight excluding hydrogens is 296 g/mol. The number of aromatic nitrogens is 2. The molecule has 0 fully saturated rings. The van der Waals surface area contributed by atoms with Gasteiger partial charge >= 0.3 is 0 Å². The highest BCUT2D eigenvalue weighted by Gasteiger charge is 2.05. The molecule has 3 rings (SSSR count). The zero-order valence-electron chi connectivity index (χ0n) is 14.5. The Bertz CT molecular complexity index is 871. The average Bonchev–Trinajstić information content (AvgIpc) is 2.49. The van der Waals surface area contributed by atoms with E-state index in [0.29, 0.717) is 5.95 Å². The van der Waals surface area contributed by atoms with Gasteiger partial charge in [0, 0.05) is 23.1 Å². The van der Waals surface area contributed by atoms with Gasteiger partial charge in [-0.1, -0.05) is 29.8 Å². The molecule has 0 aliphatic carbocycles. The Morgan fingerprint density at radius 1 is 0.750 bits per heavy atom. The van der Waals surface area contributed by atoms with Gasteiger partial charge in [0.1, 0.15) is 5.82 Å². The van der Waals surface area contributed by atoms with Crippen molar-refractivity contribution in [3.63, 3.8) is 0 Å². The number of nitrogens with one attached hydrogen (secondary N) is 2. The maximum absolute atomic E-state index is 4.58. The lowest BCUT2D eigenvalue weighted by Gasteiger charge is -2.12. The van der Waals surface area contributed by atoms with E-state index in [1.54, 1.807) is 0 Å². The third kappa shape index (κ3) is 3.90. The Balaban J connectivity index is 1.86. The molecular formula is C20H22N4. The molecule has 0 spiro atoms. The summed E-state index contributed by atoms with van der Waals surface area (Å²) in [5.74, 6) is 1.37. The molecule has 4 nitrogen and oxygen atoms in total. The van der Waals surface area contributed by atoms with Crippen LogP contribution >= 0.6 is 0 Å². The standard InChI is InChI=1S/C20H22N4/c1-13-6-5-7-17(11-13)22-19-12-16(4)21-20(24-19)23-18-9-8-14(2)10-15(18)3/h5-12H,1-4H3,(H2,21,22,23,24). The predicted octanol–water partition coefficient (Wildman–Crippen LogP) is 5.20. The van der Waals surface area contributed by atoms with Crippen LogP contribution in [0, 0.1) is 27.7 Å². The molecule has 2 N–H and O–H groups in total. The van der Waals surface area contributed by atoms with Crippen LogP contribution in [-0.2, 0) is 0 Å². The summed E-state index contributed by atoms with van der Waals surface area (Å²) in [4.78, 5) is 9.07. The van der Waals surface area contributed by atoms with Gasteiger partial charge in [0.15, 0.2) is 0 Å². The van der Waals surface area contributed by atoms with E-state index in [2.05, 4.69) is 71.7 Å². The zero-order chi connectivity index (χ0) is 17.1. The number of hydrogen-bond donors (Lipinski definition) is 2. The fourth-order valence-corrected chi connectivity index (χ4v) is 2.63. The summed E-state index contributed by atoms with van der Waals surface area (Å²) in [5.41, 5.74) is 6.57. The van der Waals surface area contributed by atoms with Gasteiger partial charge in [-0.3, -0.25) is 0 Å². The zero-order valence-corrected chi connectivity index (χ0v) is 14.5. The molecule has 3 aromatic rings. The van der Waals surface area contributed by atoms with Crippen LogP contribution in [0.5, 0.6) is 0 Å². The lowest BCUT2D eigenvalue weighted by Crippen LogP contribution is -2.03. The van der Waals surface area contributed by atoms with Gasteiger partial charge in [0.05, 0.1) is 0 Å². The first-order valence-electron chi connectivity index (χ1n) is 8.03. The molecule has 0 aliphatic heterocycles. The molecule has 2 aromatic carbocycles. The Morgan fingerprint density at radius 2 is 1.54 bits per heavy atom. The first-order chi connectivity index (χ1) is 11.5. The minimum atomic E-state index is 0.595. The molecule has 0 saturated carbocycles. The summed E-state index contributed by atoms with van der Waals surface area (Å²) in [5, 5.41) is 6.66. The van der Waals surface area contributed by atoms with Crippen LogP contribution in [0.2, 0.25) is 0 Å². The summed E-state index contributed by atoms with van der Waals surface area (Å²) in [6.45, 7) is 8.21.